The lowest BCUT2D eigenvalue weighted by Gasteiger charge is -2.27. The molecule has 1 atom stereocenters. The van der Waals surface area contributed by atoms with Crippen LogP contribution in [-0.4, -0.2) is 32.0 Å². The van der Waals surface area contributed by atoms with Crippen LogP contribution < -0.4 is 0 Å². The van der Waals surface area contributed by atoms with Gasteiger partial charge >= 0.3 is 5.97 Å². The van der Waals surface area contributed by atoms with Gasteiger partial charge in [0.2, 0.25) is 5.16 Å². The number of hydrogen-bond donors (Lipinski definition) is 2. The normalized spacial score (nSPS) is 17.0. The zero-order valence-corrected chi connectivity index (χ0v) is 10.3. The van der Waals surface area contributed by atoms with Gasteiger partial charge in [-0.3, -0.25) is 9.89 Å². The van der Waals surface area contributed by atoms with Gasteiger partial charge in [-0.15, -0.1) is 5.10 Å². The first-order valence-corrected chi connectivity index (χ1v) is 6.57. The lowest BCUT2D eigenvalue weighted by Crippen LogP contribution is -2.19. The van der Waals surface area contributed by atoms with Gasteiger partial charge in [0.25, 0.3) is 0 Å². The highest BCUT2D eigenvalue weighted by Gasteiger charge is 2.29. The fourth-order valence-corrected chi connectivity index (χ4v) is 2.63. The quantitative estimate of drug-likeness (QED) is 0.818. The second-order valence-corrected chi connectivity index (χ2v) is 5.08. The van der Waals surface area contributed by atoms with Crippen molar-refractivity contribution in [1.29, 1.82) is 0 Å². The molecule has 0 saturated carbocycles. The summed E-state index contributed by atoms with van der Waals surface area (Å²) in [5.41, 5.74) is 2.63. The Morgan fingerprint density at radius 1 is 1.50 bits per heavy atom. The third-order valence-corrected chi connectivity index (χ3v) is 3.82. The summed E-state index contributed by atoms with van der Waals surface area (Å²) in [7, 11) is 0. The summed E-state index contributed by atoms with van der Waals surface area (Å²) in [5.74, 6) is 0.216. The van der Waals surface area contributed by atoms with E-state index >= 15 is 0 Å². The molecule has 0 radical (unpaired) electrons. The van der Waals surface area contributed by atoms with E-state index in [9.17, 15) is 4.79 Å². The predicted molar refractivity (Wildman–Crippen MR) is 66.7 cm³/mol. The Labute approximate surface area is 108 Å². The molecule has 0 spiro atoms. The Morgan fingerprint density at radius 2 is 2.33 bits per heavy atom. The number of aromatic amines is 1. The van der Waals surface area contributed by atoms with Crippen LogP contribution in [0.15, 0.2) is 29.4 Å². The first-order chi connectivity index (χ1) is 8.74. The van der Waals surface area contributed by atoms with Crippen LogP contribution in [0.4, 0.5) is 0 Å². The molecular weight excluding hydrogens is 250 g/mol. The SMILES string of the molecule is O=C(O)CSc1n[nH]c(C2Cc3ccccc32)n1. The molecule has 0 bridgehead atoms. The third kappa shape index (κ3) is 1.99. The van der Waals surface area contributed by atoms with Crippen LogP contribution in [0.5, 0.6) is 0 Å². The molecule has 0 saturated heterocycles. The minimum atomic E-state index is -0.861. The van der Waals surface area contributed by atoms with Gasteiger partial charge < -0.3 is 5.11 Å². The second kappa shape index (κ2) is 4.45. The van der Waals surface area contributed by atoms with E-state index in [1.807, 2.05) is 12.1 Å². The molecule has 1 aromatic heterocycles. The van der Waals surface area contributed by atoms with Gasteiger partial charge in [0.15, 0.2) is 0 Å². The number of nitrogens with zero attached hydrogens (tertiary/aromatic N) is 2. The summed E-state index contributed by atoms with van der Waals surface area (Å²) >= 11 is 1.13. The number of carboxylic acid groups (broad SMARTS) is 1. The van der Waals surface area contributed by atoms with Gasteiger partial charge in [-0.1, -0.05) is 36.0 Å². The number of carbonyl (C=O) groups is 1. The van der Waals surface area contributed by atoms with Crippen molar-refractivity contribution in [3.8, 4) is 0 Å². The minimum Gasteiger partial charge on any atom is -0.481 e. The molecule has 2 aromatic rings. The molecule has 1 heterocycles. The fraction of sp³-hybridized carbons (Fsp3) is 0.250. The lowest BCUT2D eigenvalue weighted by atomic mass is 9.77. The highest BCUT2D eigenvalue weighted by atomic mass is 32.2. The molecule has 0 fully saturated rings. The topological polar surface area (TPSA) is 78.9 Å². The molecule has 0 aliphatic heterocycles. The number of fused-ring (bicyclic) bond motifs is 1. The molecule has 1 aliphatic carbocycles. The maximum absolute atomic E-state index is 10.5. The highest BCUT2D eigenvalue weighted by Crippen LogP contribution is 2.38. The smallest absolute Gasteiger partial charge is 0.313 e. The fourth-order valence-electron chi connectivity index (χ4n) is 2.11. The summed E-state index contributed by atoms with van der Waals surface area (Å²) < 4.78 is 0. The zero-order chi connectivity index (χ0) is 12.5. The first-order valence-electron chi connectivity index (χ1n) is 5.59. The number of hydrogen-bond acceptors (Lipinski definition) is 4. The highest BCUT2D eigenvalue weighted by molar-refractivity contribution is 7.99. The largest absolute Gasteiger partial charge is 0.481 e. The number of aliphatic carboxylic acids is 1. The Morgan fingerprint density at radius 3 is 3.11 bits per heavy atom. The predicted octanol–water partition coefficient (Wildman–Crippen LogP) is 1.67. The van der Waals surface area contributed by atoms with Crippen LogP contribution in [0.25, 0.3) is 0 Å². The van der Waals surface area contributed by atoms with Crippen molar-refractivity contribution in [2.45, 2.75) is 17.5 Å². The van der Waals surface area contributed by atoms with E-state index in [1.54, 1.807) is 0 Å². The molecule has 3 rings (SSSR count). The van der Waals surface area contributed by atoms with E-state index < -0.39 is 5.97 Å². The van der Waals surface area contributed by atoms with Crippen molar-refractivity contribution in [3.05, 3.63) is 41.2 Å². The van der Waals surface area contributed by atoms with Crippen molar-refractivity contribution < 1.29 is 9.90 Å². The van der Waals surface area contributed by atoms with Crippen LogP contribution in [0.2, 0.25) is 0 Å². The molecule has 1 aromatic carbocycles. The molecule has 5 nitrogen and oxygen atoms in total. The van der Waals surface area contributed by atoms with Crippen LogP contribution in [-0.2, 0) is 11.2 Å². The molecule has 0 amide bonds. The summed E-state index contributed by atoms with van der Waals surface area (Å²) in [6.07, 6.45) is 0.967. The summed E-state index contributed by atoms with van der Waals surface area (Å²) in [5, 5.41) is 16.0. The maximum atomic E-state index is 10.5. The number of aromatic nitrogens is 3. The van der Waals surface area contributed by atoms with E-state index in [4.69, 9.17) is 5.11 Å². The molecule has 1 aliphatic rings. The average Bonchev–Trinajstić information content (AvgIpc) is 2.77. The summed E-state index contributed by atoms with van der Waals surface area (Å²) in [6.45, 7) is 0. The summed E-state index contributed by atoms with van der Waals surface area (Å²) in [4.78, 5) is 14.8. The van der Waals surface area contributed by atoms with Gasteiger partial charge in [0.1, 0.15) is 5.82 Å². The third-order valence-electron chi connectivity index (χ3n) is 2.99. The monoisotopic (exact) mass is 261 g/mol. The van der Waals surface area contributed by atoms with Crippen molar-refractivity contribution in [2.24, 2.45) is 0 Å². The Balaban J connectivity index is 1.74. The molecule has 2 N–H and O–H groups in total. The van der Waals surface area contributed by atoms with Crippen LogP contribution >= 0.6 is 11.8 Å². The number of H-pyrrole nitrogens is 1. The van der Waals surface area contributed by atoms with Gasteiger partial charge in [-0.05, 0) is 17.5 Å². The van der Waals surface area contributed by atoms with E-state index in [0.29, 0.717) is 5.16 Å². The Bertz CT molecular complexity index is 597. The molecule has 18 heavy (non-hydrogen) atoms. The van der Waals surface area contributed by atoms with E-state index in [-0.39, 0.29) is 11.7 Å². The van der Waals surface area contributed by atoms with Crippen molar-refractivity contribution in [3.63, 3.8) is 0 Å². The number of thioether (sulfide) groups is 1. The standard InChI is InChI=1S/C12H11N3O2S/c16-10(17)6-18-12-13-11(14-15-12)9-5-7-3-1-2-4-8(7)9/h1-4,9H,5-6H2,(H,16,17)(H,13,14,15). The van der Waals surface area contributed by atoms with Crippen molar-refractivity contribution in [1.82, 2.24) is 15.2 Å². The Kier molecular flexibility index (Phi) is 2.79. The minimum absolute atomic E-state index is 0.0153. The number of carboxylic acids is 1. The van der Waals surface area contributed by atoms with Gasteiger partial charge in [0, 0.05) is 5.92 Å². The van der Waals surface area contributed by atoms with Crippen LogP contribution in [0, 0.1) is 0 Å². The van der Waals surface area contributed by atoms with Gasteiger partial charge in [0.05, 0.1) is 5.75 Å². The molecule has 92 valence electrons. The maximum Gasteiger partial charge on any atom is 0.313 e. The van der Waals surface area contributed by atoms with Crippen LogP contribution in [0.3, 0.4) is 0 Å². The number of benzene rings is 1. The lowest BCUT2D eigenvalue weighted by molar-refractivity contribution is -0.133. The molecular formula is C12H11N3O2S. The average molecular weight is 261 g/mol. The zero-order valence-electron chi connectivity index (χ0n) is 9.46. The number of nitrogens with one attached hydrogen (secondary N) is 1. The van der Waals surface area contributed by atoms with Crippen molar-refractivity contribution >= 4 is 17.7 Å². The van der Waals surface area contributed by atoms with Crippen molar-refractivity contribution in [2.75, 3.05) is 5.75 Å². The Hall–Kier alpha value is -1.82. The van der Waals surface area contributed by atoms with E-state index in [1.165, 1.54) is 11.1 Å². The van der Waals surface area contributed by atoms with E-state index in [2.05, 4.69) is 27.3 Å². The number of rotatable bonds is 4. The summed E-state index contributed by atoms with van der Waals surface area (Å²) in [6, 6.07) is 8.25. The van der Waals surface area contributed by atoms with Crippen LogP contribution in [0.1, 0.15) is 22.9 Å². The van der Waals surface area contributed by atoms with Gasteiger partial charge in [-0.25, -0.2) is 4.98 Å². The molecule has 6 heteroatoms. The van der Waals surface area contributed by atoms with Gasteiger partial charge in [-0.2, -0.15) is 0 Å². The molecule has 1 unspecified atom stereocenters. The second-order valence-electron chi connectivity index (χ2n) is 4.14. The van der Waals surface area contributed by atoms with E-state index in [0.717, 1.165) is 24.0 Å². The first kappa shape index (κ1) is 11.3.